The molecule has 0 amide bonds. The lowest BCUT2D eigenvalue weighted by molar-refractivity contribution is 0.0774. The predicted molar refractivity (Wildman–Crippen MR) is 85.1 cm³/mol. The molecule has 1 aliphatic heterocycles. The van der Waals surface area contributed by atoms with Crippen molar-refractivity contribution >= 4 is 0 Å². The van der Waals surface area contributed by atoms with Gasteiger partial charge in [0.2, 0.25) is 0 Å². The number of rotatable bonds is 3. The van der Waals surface area contributed by atoms with Crippen LogP contribution in [-0.2, 0) is 6.42 Å². The first-order valence-corrected chi connectivity index (χ1v) is 8.31. The highest BCUT2D eigenvalue weighted by molar-refractivity contribution is 5.38. The molecule has 110 valence electrons. The molecule has 0 spiro atoms. The molecule has 3 atom stereocenters. The highest BCUT2D eigenvalue weighted by Gasteiger charge is 2.35. The molecule has 1 N–H and O–H groups in total. The molecule has 2 aliphatic rings. The van der Waals surface area contributed by atoms with Gasteiger partial charge in [0.25, 0.3) is 0 Å². The summed E-state index contributed by atoms with van der Waals surface area (Å²) in [7, 11) is 0. The first kappa shape index (κ1) is 14.1. The number of hydrogen-bond acceptors (Lipinski definition) is 2. The monoisotopic (exact) mass is 272 g/mol. The van der Waals surface area contributed by atoms with Gasteiger partial charge in [0, 0.05) is 31.2 Å². The maximum absolute atomic E-state index is 3.72. The summed E-state index contributed by atoms with van der Waals surface area (Å²) < 4.78 is 0. The number of nitrogens with one attached hydrogen (secondary N) is 1. The summed E-state index contributed by atoms with van der Waals surface area (Å²) in [5.74, 6) is 0. The first-order chi connectivity index (χ1) is 9.72. The van der Waals surface area contributed by atoms with E-state index in [9.17, 15) is 0 Å². The van der Waals surface area contributed by atoms with Crippen LogP contribution >= 0.6 is 0 Å². The van der Waals surface area contributed by atoms with Crippen LogP contribution in [0, 0.1) is 6.92 Å². The van der Waals surface area contributed by atoms with Gasteiger partial charge in [-0.25, -0.2) is 0 Å². The van der Waals surface area contributed by atoms with E-state index < -0.39 is 0 Å². The SMILES string of the molecule is CCC1CN(C2CCc3ccc(C)cc32)C(CC)CN1. The van der Waals surface area contributed by atoms with E-state index >= 15 is 0 Å². The number of nitrogens with zero attached hydrogens (tertiary/aromatic N) is 1. The third-order valence-electron chi connectivity index (χ3n) is 5.25. The fourth-order valence-electron chi connectivity index (χ4n) is 3.97. The molecular weight excluding hydrogens is 244 g/mol. The molecule has 2 nitrogen and oxygen atoms in total. The number of piperazine rings is 1. The highest BCUT2D eigenvalue weighted by atomic mass is 15.3. The molecule has 0 bridgehead atoms. The molecule has 1 aromatic rings. The Bertz CT molecular complexity index is 468. The van der Waals surface area contributed by atoms with Crippen molar-refractivity contribution in [2.45, 2.75) is 64.6 Å². The largest absolute Gasteiger partial charge is 0.311 e. The Labute approximate surface area is 123 Å². The quantitative estimate of drug-likeness (QED) is 0.906. The van der Waals surface area contributed by atoms with Crippen LogP contribution in [-0.4, -0.2) is 30.1 Å². The smallest absolute Gasteiger partial charge is 0.0358 e. The predicted octanol–water partition coefficient (Wildman–Crippen LogP) is 3.44. The van der Waals surface area contributed by atoms with Gasteiger partial charge in [-0.2, -0.15) is 0 Å². The van der Waals surface area contributed by atoms with E-state index in [2.05, 4.69) is 49.2 Å². The maximum atomic E-state index is 3.72. The van der Waals surface area contributed by atoms with Gasteiger partial charge >= 0.3 is 0 Å². The Morgan fingerprint density at radius 2 is 2.10 bits per heavy atom. The Morgan fingerprint density at radius 3 is 2.85 bits per heavy atom. The van der Waals surface area contributed by atoms with E-state index in [0.717, 1.165) is 6.54 Å². The van der Waals surface area contributed by atoms with Crippen molar-refractivity contribution in [1.29, 1.82) is 0 Å². The minimum Gasteiger partial charge on any atom is -0.311 e. The van der Waals surface area contributed by atoms with E-state index in [4.69, 9.17) is 0 Å². The van der Waals surface area contributed by atoms with Crippen molar-refractivity contribution in [1.82, 2.24) is 10.2 Å². The zero-order valence-electron chi connectivity index (χ0n) is 13.2. The lowest BCUT2D eigenvalue weighted by Crippen LogP contribution is -2.56. The molecule has 1 heterocycles. The molecule has 0 saturated carbocycles. The van der Waals surface area contributed by atoms with Crippen molar-refractivity contribution < 1.29 is 0 Å². The second-order valence-corrected chi connectivity index (χ2v) is 6.53. The summed E-state index contributed by atoms with van der Waals surface area (Å²) in [5.41, 5.74) is 4.60. The summed E-state index contributed by atoms with van der Waals surface area (Å²) in [5, 5.41) is 3.72. The van der Waals surface area contributed by atoms with Crippen LogP contribution in [0.3, 0.4) is 0 Å². The number of aryl methyl sites for hydroxylation is 2. The Kier molecular flexibility index (Phi) is 4.13. The summed E-state index contributed by atoms with van der Waals surface area (Å²) in [6.07, 6.45) is 5.06. The van der Waals surface area contributed by atoms with E-state index in [1.54, 1.807) is 11.1 Å². The molecule has 20 heavy (non-hydrogen) atoms. The van der Waals surface area contributed by atoms with Crippen LogP contribution in [0.4, 0.5) is 0 Å². The van der Waals surface area contributed by atoms with E-state index in [-0.39, 0.29) is 0 Å². The van der Waals surface area contributed by atoms with Crippen molar-refractivity contribution in [3.8, 4) is 0 Å². The molecular formula is C18H28N2. The average Bonchev–Trinajstić information content (AvgIpc) is 2.89. The van der Waals surface area contributed by atoms with E-state index in [0.29, 0.717) is 18.1 Å². The third kappa shape index (κ3) is 2.51. The topological polar surface area (TPSA) is 15.3 Å². The fraction of sp³-hybridized carbons (Fsp3) is 0.667. The van der Waals surface area contributed by atoms with Crippen LogP contribution in [0.5, 0.6) is 0 Å². The van der Waals surface area contributed by atoms with E-state index in [1.165, 1.54) is 37.8 Å². The molecule has 2 heteroatoms. The van der Waals surface area contributed by atoms with Gasteiger partial charge in [-0.3, -0.25) is 4.90 Å². The first-order valence-electron chi connectivity index (χ1n) is 8.31. The molecule has 0 aromatic heterocycles. The van der Waals surface area contributed by atoms with Gasteiger partial charge < -0.3 is 5.32 Å². The molecule has 1 aromatic carbocycles. The lowest BCUT2D eigenvalue weighted by Gasteiger charge is -2.43. The Balaban J connectivity index is 1.86. The zero-order chi connectivity index (χ0) is 14.1. The molecule has 1 aliphatic carbocycles. The summed E-state index contributed by atoms with van der Waals surface area (Å²) in [4.78, 5) is 2.80. The molecule has 1 saturated heterocycles. The standard InChI is InChI=1S/C18H28N2/c1-4-15-12-20(16(5-2)11-19-15)18-9-8-14-7-6-13(3)10-17(14)18/h6-7,10,15-16,18-19H,4-5,8-9,11-12H2,1-3H3. The van der Waals surface area contributed by atoms with Crippen molar-refractivity contribution in [2.24, 2.45) is 0 Å². The number of hydrogen-bond donors (Lipinski definition) is 1. The second kappa shape index (κ2) is 5.87. The number of benzene rings is 1. The van der Waals surface area contributed by atoms with Crippen LogP contribution in [0.15, 0.2) is 18.2 Å². The molecule has 3 unspecified atom stereocenters. The van der Waals surface area contributed by atoms with Gasteiger partial charge in [0.05, 0.1) is 0 Å². The second-order valence-electron chi connectivity index (χ2n) is 6.53. The summed E-state index contributed by atoms with van der Waals surface area (Å²) in [6.45, 7) is 9.23. The highest BCUT2D eigenvalue weighted by Crippen LogP contribution is 2.38. The molecule has 3 rings (SSSR count). The molecule has 0 radical (unpaired) electrons. The minimum atomic E-state index is 0.658. The normalized spacial score (nSPS) is 30.4. The van der Waals surface area contributed by atoms with Crippen molar-refractivity contribution in [3.63, 3.8) is 0 Å². The Hall–Kier alpha value is -0.860. The van der Waals surface area contributed by atoms with Gasteiger partial charge in [-0.15, -0.1) is 0 Å². The summed E-state index contributed by atoms with van der Waals surface area (Å²) in [6, 6.07) is 9.09. The van der Waals surface area contributed by atoms with Crippen molar-refractivity contribution in [3.05, 3.63) is 34.9 Å². The van der Waals surface area contributed by atoms with Gasteiger partial charge in [-0.1, -0.05) is 37.6 Å². The lowest BCUT2D eigenvalue weighted by atomic mass is 9.98. The van der Waals surface area contributed by atoms with E-state index in [1.807, 2.05) is 0 Å². The van der Waals surface area contributed by atoms with Crippen LogP contribution in [0.25, 0.3) is 0 Å². The molecule has 1 fully saturated rings. The summed E-state index contributed by atoms with van der Waals surface area (Å²) >= 11 is 0. The fourth-order valence-corrected chi connectivity index (χ4v) is 3.97. The van der Waals surface area contributed by atoms with Crippen LogP contribution in [0.1, 0.15) is 55.8 Å². The number of fused-ring (bicyclic) bond motifs is 1. The van der Waals surface area contributed by atoms with Crippen molar-refractivity contribution in [2.75, 3.05) is 13.1 Å². The minimum absolute atomic E-state index is 0.658. The van der Waals surface area contributed by atoms with Crippen LogP contribution < -0.4 is 5.32 Å². The maximum Gasteiger partial charge on any atom is 0.0358 e. The van der Waals surface area contributed by atoms with Crippen LogP contribution in [0.2, 0.25) is 0 Å². The Morgan fingerprint density at radius 1 is 1.25 bits per heavy atom. The van der Waals surface area contributed by atoms with Gasteiger partial charge in [0.1, 0.15) is 0 Å². The average molecular weight is 272 g/mol. The van der Waals surface area contributed by atoms with Gasteiger partial charge in [-0.05, 0) is 43.7 Å². The van der Waals surface area contributed by atoms with Gasteiger partial charge in [0.15, 0.2) is 0 Å². The third-order valence-corrected chi connectivity index (χ3v) is 5.25. The zero-order valence-corrected chi connectivity index (χ0v) is 13.2.